The Balaban J connectivity index is 1.56. The molecule has 2 heterocycles. The lowest BCUT2D eigenvalue weighted by Crippen LogP contribution is -2.46. The van der Waals surface area contributed by atoms with Gasteiger partial charge in [-0.2, -0.15) is 0 Å². The van der Waals surface area contributed by atoms with Crippen LogP contribution in [0.4, 0.5) is 15.6 Å². The van der Waals surface area contributed by atoms with Gasteiger partial charge in [-0.05, 0) is 24.3 Å². The van der Waals surface area contributed by atoms with E-state index in [0.29, 0.717) is 30.5 Å². The fourth-order valence-corrected chi connectivity index (χ4v) is 4.46. The molecule has 1 N–H and O–H groups in total. The van der Waals surface area contributed by atoms with E-state index >= 15 is 0 Å². The van der Waals surface area contributed by atoms with Crippen molar-refractivity contribution < 1.29 is 9.59 Å². The van der Waals surface area contributed by atoms with Crippen molar-refractivity contribution in [2.24, 2.45) is 0 Å². The quantitative estimate of drug-likeness (QED) is 0.665. The minimum absolute atomic E-state index is 0.0168. The molecule has 7 heteroatoms. The van der Waals surface area contributed by atoms with Crippen molar-refractivity contribution in [3.63, 3.8) is 0 Å². The molecule has 0 radical (unpaired) electrons. The molecule has 150 valence electrons. The van der Waals surface area contributed by atoms with E-state index in [2.05, 4.69) is 35.4 Å². The molecule has 1 aliphatic rings. The average Bonchev–Trinajstić information content (AvgIpc) is 3.20. The molecule has 3 amide bonds. The van der Waals surface area contributed by atoms with Crippen LogP contribution in [0.5, 0.6) is 0 Å². The van der Waals surface area contributed by atoms with E-state index in [4.69, 9.17) is 0 Å². The molecular weight excluding hydrogens is 384 g/mol. The second kappa shape index (κ2) is 8.61. The zero-order valence-electron chi connectivity index (χ0n) is 16.4. The van der Waals surface area contributed by atoms with Crippen molar-refractivity contribution in [1.82, 2.24) is 10.3 Å². The fraction of sp³-hybridized carbons (Fsp3) is 0.318. The van der Waals surface area contributed by atoms with Gasteiger partial charge in [-0.15, -0.1) is 11.3 Å². The van der Waals surface area contributed by atoms with Gasteiger partial charge in [-0.25, -0.2) is 9.78 Å². The minimum atomic E-state index is -0.119. The predicted molar refractivity (Wildman–Crippen MR) is 118 cm³/mol. The van der Waals surface area contributed by atoms with Gasteiger partial charge in [0, 0.05) is 30.4 Å². The zero-order chi connectivity index (χ0) is 20.2. The lowest BCUT2D eigenvalue weighted by molar-refractivity contribution is -0.118. The maximum Gasteiger partial charge on any atom is 0.323 e. The van der Waals surface area contributed by atoms with Crippen molar-refractivity contribution >= 4 is 44.9 Å². The van der Waals surface area contributed by atoms with E-state index in [0.717, 1.165) is 29.3 Å². The topological polar surface area (TPSA) is 65.5 Å². The average molecular weight is 409 g/mol. The second-order valence-corrected chi connectivity index (χ2v) is 7.92. The molecule has 0 aliphatic carbocycles. The third-order valence-electron chi connectivity index (χ3n) is 4.99. The maximum atomic E-state index is 13.2. The van der Waals surface area contributed by atoms with Gasteiger partial charge >= 0.3 is 6.03 Å². The smallest absolute Gasteiger partial charge is 0.323 e. The highest BCUT2D eigenvalue weighted by Gasteiger charge is 2.23. The van der Waals surface area contributed by atoms with E-state index in [1.807, 2.05) is 34.5 Å². The monoisotopic (exact) mass is 408 g/mol. The molecule has 4 rings (SSSR count). The molecule has 0 unspecified atom stereocenters. The third-order valence-corrected chi connectivity index (χ3v) is 5.90. The summed E-state index contributed by atoms with van der Waals surface area (Å²) in [4.78, 5) is 33.3. The number of anilines is 2. The number of fused-ring (bicyclic) bond motifs is 1. The fourth-order valence-electron chi connectivity index (χ4n) is 3.61. The normalized spacial score (nSPS) is 14.1. The van der Waals surface area contributed by atoms with Crippen LogP contribution >= 0.6 is 11.3 Å². The van der Waals surface area contributed by atoms with Gasteiger partial charge in [0.1, 0.15) is 0 Å². The van der Waals surface area contributed by atoms with Crippen LogP contribution in [0.15, 0.2) is 47.8 Å². The number of rotatable bonds is 6. The van der Waals surface area contributed by atoms with Crippen molar-refractivity contribution in [3.05, 3.63) is 53.5 Å². The number of thiazole rings is 1. The van der Waals surface area contributed by atoms with Gasteiger partial charge in [0.15, 0.2) is 5.13 Å². The van der Waals surface area contributed by atoms with Crippen LogP contribution in [0.3, 0.4) is 0 Å². The van der Waals surface area contributed by atoms with Crippen LogP contribution in [0.1, 0.15) is 25.5 Å². The summed E-state index contributed by atoms with van der Waals surface area (Å²) in [5.41, 5.74) is 1.63. The Morgan fingerprint density at radius 3 is 2.90 bits per heavy atom. The first-order valence-electron chi connectivity index (χ1n) is 9.95. The Hall–Kier alpha value is -2.93. The van der Waals surface area contributed by atoms with Gasteiger partial charge in [-0.3, -0.25) is 9.69 Å². The number of amides is 3. The van der Waals surface area contributed by atoms with Crippen molar-refractivity contribution in [1.29, 1.82) is 0 Å². The highest BCUT2D eigenvalue weighted by Crippen LogP contribution is 2.28. The van der Waals surface area contributed by atoms with Gasteiger partial charge in [0.2, 0.25) is 5.91 Å². The zero-order valence-corrected chi connectivity index (χ0v) is 17.2. The highest BCUT2D eigenvalue weighted by atomic mass is 32.1. The summed E-state index contributed by atoms with van der Waals surface area (Å²) in [7, 11) is 0. The van der Waals surface area contributed by atoms with E-state index in [-0.39, 0.29) is 18.4 Å². The number of hydrogen-bond donors (Lipinski definition) is 1. The van der Waals surface area contributed by atoms with E-state index in [1.165, 1.54) is 11.3 Å². The molecule has 29 heavy (non-hydrogen) atoms. The van der Waals surface area contributed by atoms with Crippen molar-refractivity contribution in [2.75, 3.05) is 29.4 Å². The predicted octanol–water partition coefficient (Wildman–Crippen LogP) is 4.20. The SMILES string of the molecule is CCCN(C(=O)Cc1csc(N2CCCNC2=O)n1)c1cccc2ccccc12. The standard InChI is InChI=1S/C22H24N4O2S/c1-2-12-25(19-10-5-8-16-7-3-4-9-18(16)19)20(27)14-17-15-29-22(24-17)26-13-6-11-23-21(26)28/h3-5,7-10,15H,2,6,11-14H2,1H3,(H,23,28). The molecule has 1 aliphatic heterocycles. The first kappa shape index (κ1) is 19.4. The summed E-state index contributed by atoms with van der Waals surface area (Å²) >= 11 is 1.41. The molecule has 0 saturated carbocycles. The number of carbonyl (C=O) groups excluding carboxylic acids is 2. The molecule has 1 aromatic heterocycles. The summed E-state index contributed by atoms with van der Waals surface area (Å²) in [5.74, 6) is 0.0168. The second-order valence-electron chi connectivity index (χ2n) is 7.08. The number of hydrogen-bond acceptors (Lipinski definition) is 4. The van der Waals surface area contributed by atoms with Crippen molar-refractivity contribution in [2.45, 2.75) is 26.2 Å². The molecule has 0 bridgehead atoms. The van der Waals surface area contributed by atoms with Crippen LogP contribution in [-0.4, -0.2) is 36.6 Å². The van der Waals surface area contributed by atoms with Gasteiger partial charge in [0.05, 0.1) is 17.8 Å². The van der Waals surface area contributed by atoms with E-state index in [1.54, 1.807) is 4.90 Å². The molecule has 1 fully saturated rings. The molecular formula is C22H24N4O2S. The van der Waals surface area contributed by atoms with E-state index < -0.39 is 0 Å². The highest BCUT2D eigenvalue weighted by molar-refractivity contribution is 7.14. The van der Waals surface area contributed by atoms with Crippen LogP contribution in [0, 0.1) is 0 Å². The summed E-state index contributed by atoms with van der Waals surface area (Å²) in [5, 5.41) is 7.55. The van der Waals surface area contributed by atoms with Crippen LogP contribution < -0.4 is 15.1 Å². The number of nitrogens with zero attached hydrogens (tertiary/aromatic N) is 3. The maximum absolute atomic E-state index is 13.2. The Morgan fingerprint density at radius 1 is 1.24 bits per heavy atom. The van der Waals surface area contributed by atoms with Gasteiger partial charge in [-0.1, -0.05) is 43.3 Å². The third kappa shape index (κ3) is 4.10. The number of urea groups is 1. The molecule has 0 atom stereocenters. The van der Waals surface area contributed by atoms with Crippen LogP contribution in [0.25, 0.3) is 10.8 Å². The van der Waals surface area contributed by atoms with Crippen LogP contribution in [0.2, 0.25) is 0 Å². The number of aromatic nitrogens is 1. The Bertz CT molecular complexity index is 1030. The first-order valence-corrected chi connectivity index (χ1v) is 10.8. The van der Waals surface area contributed by atoms with Crippen molar-refractivity contribution in [3.8, 4) is 0 Å². The summed E-state index contributed by atoms with van der Waals surface area (Å²) in [6, 6.07) is 14.0. The molecule has 6 nitrogen and oxygen atoms in total. The molecule has 3 aromatic rings. The molecule has 1 saturated heterocycles. The molecule has 2 aromatic carbocycles. The Morgan fingerprint density at radius 2 is 2.07 bits per heavy atom. The Kier molecular flexibility index (Phi) is 5.76. The van der Waals surface area contributed by atoms with E-state index in [9.17, 15) is 9.59 Å². The minimum Gasteiger partial charge on any atom is -0.338 e. The largest absolute Gasteiger partial charge is 0.338 e. The number of carbonyl (C=O) groups is 2. The first-order chi connectivity index (χ1) is 14.2. The molecule has 0 spiro atoms. The summed E-state index contributed by atoms with van der Waals surface area (Å²) < 4.78 is 0. The van der Waals surface area contributed by atoms with Gasteiger partial charge < -0.3 is 10.2 Å². The summed E-state index contributed by atoms with van der Waals surface area (Å²) in [6.07, 6.45) is 1.98. The Labute approximate surface area is 174 Å². The lowest BCUT2D eigenvalue weighted by Gasteiger charge is -2.25. The number of benzene rings is 2. The number of nitrogens with one attached hydrogen (secondary N) is 1. The summed E-state index contributed by atoms with van der Waals surface area (Å²) in [6.45, 7) is 4.08. The van der Waals surface area contributed by atoms with Crippen LogP contribution in [-0.2, 0) is 11.2 Å². The van der Waals surface area contributed by atoms with Gasteiger partial charge in [0.25, 0.3) is 0 Å². The lowest BCUT2D eigenvalue weighted by atomic mass is 10.1.